The molecular weight excluding hydrogens is 237 g/mol. The molecule has 1 amide bonds. The maximum absolute atomic E-state index is 11.9. The molecule has 1 heterocycles. The first-order chi connectivity index (χ1) is 7.94. The minimum atomic E-state index is -4.70. The fourth-order valence-corrected chi connectivity index (χ4v) is 1.38. The number of alkyl halides is 3. The lowest BCUT2D eigenvalue weighted by Gasteiger charge is -2.08. The number of nitrogens with one attached hydrogen (secondary N) is 1. The first kappa shape index (κ1) is 11.4. The lowest BCUT2D eigenvalue weighted by Crippen LogP contribution is -2.17. The van der Waals surface area contributed by atoms with Crippen LogP contribution in [0, 0.1) is 0 Å². The first-order valence-electron chi connectivity index (χ1n) is 4.66. The van der Waals surface area contributed by atoms with Gasteiger partial charge in [-0.1, -0.05) is 0 Å². The van der Waals surface area contributed by atoms with Crippen LogP contribution in [0.5, 0.6) is 5.75 Å². The predicted molar refractivity (Wildman–Crippen MR) is 52.4 cm³/mol. The summed E-state index contributed by atoms with van der Waals surface area (Å²) in [5.41, 5.74) is 3.33. The van der Waals surface area contributed by atoms with Gasteiger partial charge in [0.25, 0.3) is 0 Å². The van der Waals surface area contributed by atoms with Crippen LogP contribution in [-0.4, -0.2) is 18.0 Å². The lowest BCUT2D eigenvalue weighted by atomic mass is 10.1. The van der Waals surface area contributed by atoms with E-state index in [0.717, 1.165) is 0 Å². The molecule has 1 aliphatic heterocycles. The van der Waals surface area contributed by atoms with Gasteiger partial charge in [-0.15, -0.1) is 13.2 Å². The van der Waals surface area contributed by atoms with Crippen molar-refractivity contribution in [1.82, 2.24) is 5.43 Å². The highest BCUT2D eigenvalue weighted by atomic mass is 19.4. The molecule has 1 aliphatic rings. The molecule has 0 bridgehead atoms. The fourth-order valence-electron chi connectivity index (χ4n) is 1.38. The monoisotopic (exact) mass is 244 g/mol. The number of amides is 1. The standard InChI is InChI=1S/C10H7F3N2O2/c11-10(12,13)17-7-3-1-6(2-4-7)8-5-9(16)15-14-8/h1-4H,5H2,(H,15,16). The Kier molecular flexibility index (Phi) is 2.74. The van der Waals surface area contributed by atoms with Gasteiger partial charge in [0.15, 0.2) is 0 Å². The Morgan fingerprint density at radius 1 is 1.24 bits per heavy atom. The van der Waals surface area contributed by atoms with Gasteiger partial charge in [0.1, 0.15) is 5.75 Å². The van der Waals surface area contributed by atoms with Crippen molar-refractivity contribution in [3.05, 3.63) is 29.8 Å². The summed E-state index contributed by atoms with van der Waals surface area (Å²) in [4.78, 5) is 10.9. The van der Waals surface area contributed by atoms with Crippen LogP contribution < -0.4 is 10.2 Å². The molecule has 2 rings (SSSR count). The second kappa shape index (κ2) is 4.08. The maximum Gasteiger partial charge on any atom is 0.573 e. The molecule has 0 fully saturated rings. The Hall–Kier alpha value is -2.05. The van der Waals surface area contributed by atoms with E-state index in [2.05, 4.69) is 15.3 Å². The van der Waals surface area contributed by atoms with Gasteiger partial charge in [0.2, 0.25) is 5.91 Å². The molecular formula is C10H7F3N2O2. The highest BCUT2D eigenvalue weighted by Crippen LogP contribution is 2.23. The predicted octanol–water partition coefficient (Wildman–Crippen LogP) is 1.81. The summed E-state index contributed by atoms with van der Waals surface area (Å²) >= 11 is 0. The molecule has 90 valence electrons. The molecule has 0 saturated carbocycles. The molecule has 0 atom stereocenters. The Bertz CT molecular complexity index is 465. The third-order valence-corrected chi connectivity index (χ3v) is 2.06. The van der Waals surface area contributed by atoms with Crippen molar-refractivity contribution in [3.8, 4) is 5.75 Å². The number of ether oxygens (including phenoxy) is 1. The van der Waals surface area contributed by atoms with Gasteiger partial charge in [0.05, 0.1) is 12.1 Å². The van der Waals surface area contributed by atoms with Crippen LogP contribution in [0.15, 0.2) is 29.4 Å². The van der Waals surface area contributed by atoms with Crippen LogP contribution in [0.1, 0.15) is 12.0 Å². The molecule has 17 heavy (non-hydrogen) atoms. The summed E-state index contributed by atoms with van der Waals surface area (Å²) in [6.07, 6.45) is -4.58. The second-order valence-electron chi connectivity index (χ2n) is 3.34. The number of benzene rings is 1. The Morgan fingerprint density at radius 3 is 2.35 bits per heavy atom. The minimum Gasteiger partial charge on any atom is -0.406 e. The minimum absolute atomic E-state index is 0.124. The van der Waals surface area contributed by atoms with E-state index in [9.17, 15) is 18.0 Å². The van der Waals surface area contributed by atoms with E-state index >= 15 is 0 Å². The molecule has 1 aromatic carbocycles. The normalized spacial score (nSPS) is 15.5. The van der Waals surface area contributed by atoms with Crippen LogP contribution in [0.25, 0.3) is 0 Å². The number of rotatable bonds is 2. The molecule has 1 aromatic rings. The Morgan fingerprint density at radius 2 is 1.88 bits per heavy atom. The lowest BCUT2D eigenvalue weighted by molar-refractivity contribution is -0.274. The van der Waals surface area contributed by atoms with Gasteiger partial charge >= 0.3 is 6.36 Å². The van der Waals surface area contributed by atoms with Gasteiger partial charge < -0.3 is 4.74 Å². The molecule has 0 spiro atoms. The highest BCUT2D eigenvalue weighted by molar-refractivity contribution is 6.13. The molecule has 1 N–H and O–H groups in total. The van der Waals surface area contributed by atoms with E-state index in [1.807, 2.05) is 0 Å². The molecule has 0 radical (unpaired) electrons. The van der Waals surface area contributed by atoms with E-state index < -0.39 is 6.36 Å². The van der Waals surface area contributed by atoms with Gasteiger partial charge in [-0.25, -0.2) is 5.43 Å². The van der Waals surface area contributed by atoms with Crippen molar-refractivity contribution < 1.29 is 22.7 Å². The summed E-state index contributed by atoms with van der Waals surface area (Å²) in [6, 6.07) is 5.18. The van der Waals surface area contributed by atoms with Gasteiger partial charge in [-0.3, -0.25) is 4.79 Å². The van der Waals surface area contributed by atoms with Crippen molar-refractivity contribution in [3.63, 3.8) is 0 Å². The summed E-state index contributed by atoms with van der Waals surface area (Å²) < 4.78 is 39.4. The summed E-state index contributed by atoms with van der Waals surface area (Å²) in [6.45, 7) is 0. The molecule has 0 aliphatic carbocycles. The number of carbonyl (C=O) groups is 1. The smallest absolute Gasteiger partial charge is 0.406 e. The topological polar surface area (TPSA) is 50.7 Å². The van der Waals surface area contributed by atoms with Crippen LogP contribution in [0.4, 0.5) is 13.2 Å². The number of hydrazone groups is 1. The van der Waals surface area contributed by atoms with E-state index in [4.69, 9.17) is 0 Å². The largest absolute Gasteiger partial charge is 0.573 e. The summed E-state index contributed by atoms with van der Waals surface area (Å²) in [7, 11) is 0. The third kappa shape index (κ3) is 2.96. The SMILES string of the molecule is O=C1CC(c2ccc(OC(F)(F)F)cc2)=NN1. The van der Waals surface area contributed by atoms with Crippen molar-refractivity contribution in [2.24, 2.45) is 5.10 Å². The highest BCUT2D eigenvalue weighted by Gasteiger charge is 2.31. The molecule has 0 unspecified atom stereocenters. The quantitative estimate of drug-likeness (QED) is 0.862. The second-order valence-corrected chi connectivity index (χ2v) is 3.34. The summed E-state index contributed by atoms with van der Waals surface area (Å²) in [5, 5.41) is 3.75. The Labute approximate surface area is 94.1 Å². The number of nitrogens with zero attached hydrogens (tertiary/aromatic N) is 1. The van der Waals surface area contributed by atoms with Crippen molar-refractivity contribution in [2.75, 3.05) is 0 Å². The average Bonchev–Trinajstić information content (AvgIpc) is 2.63. The molecule has 4 nitrogen and oxygen atoms in total. The van der Waals surface area contributed by atoms with E-state index in [1.54, 1.807) is 0 Å². The first-order valence-corrected chi connectivity index (χ1v) is 4.66. The zero-order valence-electron chi connectivity index (χ0n) is 8.41. The molecule has 0 saturated heterocycles. The maximum atomic E-state index is 11.9. The van der Waals surface area contributed by atoms with Crippen LogP contribution in [-0.2, 0) is 4.79 Å². The third-order valence-electron chi connectivity index (χ3n) is 2.06. The van der Waals surface area contributed by atoms with Crippen LogP contribution >= 0.6 is 0 Å². The van der Waals surface area contributed by atoms with E-state index in [1.165, 1.54) is 24.3 Å². The van der Waals surface area contributed by atoms with Crippen molar-refractivity contribution in [2.45, 2.75) is 12.8 Å². The zero-order chi connectivity index (χ0) is 12.5. The van der Waals surface area contributed by atoms with Gasteiger partial charge in [0, 0.05) is 0 Å². The van der Waals surface area contributed by atoms with Crippen molar-refractivity contribution >= 4 is 11.6 Å². The van der Waals surface area contributed by atoms with Crippen LogP contribution in [0.3, 0.4) is 0 Å². The van der Waals surface area contributed by atoms with Gasteiger partial charge in [-0.05, 0) is 29.8 Å². The number of carbonyl (C=O) groups excluding carboxylic acids is 1. The molecule has 7 heteroatoms. The number of hydrogen-bond acceptors (Lipinski definition) is 3. The summed E-state index contributed by atoms with van der Waals surface area (Å²) in [5.74, 6) is -0.547. The number of halogens is 3. The Balaban J connectivity index is 2.11. The zero-order valence-corrected chi connectivity index (χ0v) is 8.41. The fraction of sp³-hybridized carbons (Fsp3) is 0.200. The van der Waals surface area contributed by atoms with E-state index in [0.29, 0.717) is 11.3 Å². The van der Waals surface area contributed by atoms with Crippen molar-refractivity contribution in [1.29, 1.82) is 0 Å². The average molecular weight is 244 g/mol. The van der Waals surface area contributed by atoms with Gasteiger partial charge in [-0.2, -0.15) is 5.10 Å². The molecule has 0 aromatic heterocycles. The van der Waals surface area contributed by atoms with Crippen LogP contribution in [0.2, 0.25) is 0 Å². The number of hydrogen-bond donors (Lipinski definition) is 1. The van der Waals surface area contributed by atoms with E-state index in [-0.39, 0.29) is 18.1 Å².